The summed E-state index contributed by atoms with van der Waals surface area (Å²) in [5.41, 5.74) is 2.12. The Kier molecular flexibility index (Phi) is 10.9. The van der Waals surface area contributed by atoms with Crippen LogP contribution < -0.4 is 14.9 Å². The zero-order valence-corrected chi connectivity index (χ0v) is 32.7. The monoisotopic (exact) mass is 798 g/mol. The van der Waals surface area contributed by atoms with E-state index in [0.29, 0.717) is 17.0 Å². The molecule has 2 aromatic heterocycles. The van der Waals surface area contributed by atoms with E-state index in [-0.39, 0.29) is 35.2 Å². The average Bonchev–Trinajstić information content (AvgIpc) is 3.93. The number of sulfonamides is 1. The molecule has 4 heterocycles. The first kappa shape index (κ1) is 38.7. The number of esters is 1. The molecule has 2 fully saturated rings. The van der Waals surface area contributed by atoms with Crippen LogP contribution in [0.4, 0.5) is 16.0 Å². The van der Waals surface area contributed by atoms with Crippen LogP contribution in [0.25, 0.3) is 10.8 Å². The van der Waals surface area contributed by atoms with Crippen molar-refractivity contribution in [1.29, 1.82) is 0 Å². The molecule has 0 radical (unpaired) electrons. The fraction of sp³-hybridized carbons (Fsp3) is 0.244. The lowest BCUT2D eigenvalue weighted by atomic mass is 9.77. The van der Waals surface area contributed by atoms with Crippen molar-refractivity contribution in [3.63, 3.8) is 0 Å². The Hall–Kier alpha value is -6.18. The summed E-state index contributed by atoms with van der Waals surface area (Å²) in [5.74, 6) is -0.778. The zero-order chi connectivity index (χ0) is 40.3. The number of carbonyl (C=O) groups excluding carboxylic acids is 2. The normalized spacial score (nSPS) is 16.4. The van der Waals surface area contributed by atoms with Crippen molar-refractivity contribution in [2.24, 2.45) is 0 Å². The lowest BCUT2D eigenvalue weighted by Gasteiger charge is -2.37. The highest BCUT2D eigenvalue weighted by Gasteiger charge is 2.42. The Balaban J connectivity index is 1.07. The Bertz CT molecular complexity index is 2430. The van der Waals surface area contributed by atoms with E-state index < -0.39 is 45.3 Å². The van der Waals surface area contributed by atoms with Crippen LogP contribution in [0, 0.1) is 5.82 Å². The summed E-state index contributed by atoms with van der Waals surface area (Å²) < 4.78 is 51.1. The summed E-state index contributed by atoms with van der Waals surface area (Å²) in [7, 11) is -2.92. The first-order valence-corrected chi connectivity index (χ1v) is 20.8. The summed E-state index contributed by atoms with van der Waals surface area (Å²) in [6.07, 6.45) is 4.84. The van der Waals surface area contributed by atoms with Gasteiger partial charge in [-0.05, 0) is 59.7 Å². The number of hydrogen-bond acceptors (Lipinski definition) is 9. The summed E-state index contributed by atoms with van der Waals surface area (Å²) >= 11 is 0. The largest absolute Gasteiger partial charge is 0.467 e. The van der Waals surface area contributed by atoms with E-state index in [1.165, 1.54) is 30.5 Å². The van der Waals surface area contributed by atoms with E-state index in [4.69, 9.17) is 9.72 Å². The van der Waals surface area contributed by atoms with E-state index in [2.05, 4.69) is 19.9 Å². The van der Waals surface area contributed by atoms with Crippen LogP contribution in [0.1, 0.15) is 41.5 Å². The van der Waals surface area contributed by atoms with E-state index in [1.807, 2.05) is 91.0 Å². The Morgan fingerprint density at radius 3 is 2.02 bits per heavy atom. The van der Waals surface area contributed by atoms with Gasteiger partial charge in [-0.25, -0.2) is 27.6 Å². The number of amides is 1. The van der Waals surface area contributed by atoms with Gasteiger partial charge < -0.3 is 19.9 Å². The molecule has 8 rings (SSSR count). The Labute approximate surface area is 336 Å². The van der Waals surface area contributed by atoms with Gasteiger partial charge in [-0.1, -0.05) is 103 Å². The number of ether oxygens (including phenoxy) is 1. The number of halogens is 1. The van der Waals surface area contributed by atoms with Crippen molar-refractivity contribution >= 4 is 44.3 Å². The highest BCUT2D eigenvalue weighted by Crippen LogP contribution is 2.41. The minimum absolute atomic E-state index is 0.0612. The molecule has 11 nitrogen and oxygen atoms in total. The predicted molar refractivity (Wildman–Crippen MR) is 220 cm³/mol. The van der Waals surface area contributed by atoms with Gasteiger partial charge in [-0.15, -0.1) is 0 Å². The third-order valence-corrected chi connectivity index (χ3v) is 12.6. The summed E-state index contributed by atoms with van der Waals surface area (Å²) in [4.78, 5) is 39.4. The van der Waals surface area contributed by atoms with E-state index in [1.54, 1.807) is 24.3 Å². The molecule has 2 saturated heterocycles. The second-order valence-electron chi connectivity index (χ2n) is 14.5. The van der Waals surface area contributed by atoms with Crippen LogP contribution in [0.3, 0.4) is 0 Å². The number of anilines is 2. The quantitative estimate of drug-likeness (QED) is 0.100. The average molecular weight is 799 g/mol. The zero-order valence-electron chi connectivity index (χ0n) is 31.9. The Morgan fingerprint density at radius 1 is 0.828 bits per heavy atom. The highest BCUT2D eigenvalue weighted by molar-refractivity contribution is 7.89. The lowest BCUT2D eigenvalue weighted by Crippen LogP contribution is -2.48. The molecular weight excluding hydrogens is 756 g/mol. The molecule has 1 amide bonds. The maximum absolute atomic E-state index is 16.8. The van der Waals surface area contributed by atoms with Gasteiger partial charge in [0.15, 0.2) is 0 Å². The van der Waals surface area contributed by atoms with Crippen LogP contribution in [0.2, 0.25) is 0 Å². The second-order valence-corrected chi connectivity index (χ2v) is 16.3. The number of carbonyl (C=O) groups is 2. The van der Waals surface area contributed by atoms with Gasteiger partial charge in [-0.2, -0.15) is 4.72 Å². The lowest BCUT2D eigenvalue weighted by molar-refractivity contribution is -0.151. The number of nitrogens with one attached hydrogen (secondary N) is 2. The third kappa shape index (κ3) is 7.38. The van der Waals surface area contributed by atoms with Crippen molar-refractivity contribution < 1.29 is 27.1 Å². The minimum atomic E-state index is -4.12. The molecule has 0 aliphatic carbocycles. The van der Waals surface area contributed by atoms with Crippen molar-refractivity contribution in [2.75, 3.05) is 37.0 Å². The van der Waals surface area contributed by atoms with Crippen molar-refractivity contribution in [2.45, 2.75) is 48.2 Å². The number of nitrogens with zero attached hydrogens (tertiary/aromatic N) is 4. The van der Waals surface area contributed by atoms with Crippen molar-refractivity contribution in [3.8, 4) is 0 Å². The van der Waals surface area contributed by atoms with Crippen molar-refractivity contribution in [3.05, 3.63) is 162 Å². The Morgan fingerprint density at radius 2 is 1.45 bits per heavy atom. The van der Waals surface area contributed by atoms with Gasteiger partial charge in [0, 0.05) is 49.2 Å². The molecule has 0 saturated carbocycles. The molecule has 6 aromatic rings. The molecule has 296 valence electrons. The van der Waals surface area contributed by atoms with E-state index in [9.17, 15) is 18.0 Å². The summed E-state index contributed by atoms with van der Waals surface area (Å²) in [6, 6.07) is 35.7. The first-order chi connectivity index (χ1) is 28.2. The molecule has 13 heteroatoms. The SMILES string of the molecule is COC(=O)[C@@H](Cc1ccc2c(NC(c3ccccc3)(c3ccccc3)c3ccccc3)nccc2c1F)N1CC[C@H](NS(=O)(=O)c2ccc(N3CCCC3)nc2)C1=O. The molecule has 4 aromatic carbocycles. The molecule has 2 aliphatic rings. The number of fused-ring (bicyclic) bond motifs is 1. The molecular formula is C45H43FN6O5S. The standard InChI is InChI=1S/C45H43FN6O5S/c1-57-44(54)39(52-28-24-38(43(52)53)50-58(55,56)35-20-22-40(48-30-35)51-26-11-12-27-51)29-31-19-21-37-36(41(31)46)23-25-47-42(37)49-45(32-13-5-2-6-14-32,33-15-7-3-8-16-33)34-17-9-4-10-18-34/h2-10,13-23,25,30,38-39,50H,11-12,24,26-29H2,1H3,(H,47,49)/t38-,39+/m0/s1. The number of aromatic nitrogens is 2. The van der Waals surface area contributed by atoms with Gasteiger partial charge in [0.25, 0.3) is 0 Å². The maximum atomic E-state index is 16.8. The second kappa shape index (κ2) is 16.4. The number of benzene rings is 4. The number of rotatable bonds is 13. The summed E-state index contributed by atoms with van der Waals surface area (Å²) in [6.45, 7) is 1.79. The van der Waals surface area contributed by atoms with Crippen LogP contribution in [0.15, 0.2) is 139 Å². The first-order valence-electron chi connectivity index (χ1n) is 19.3. The number of likely N-dealkylation sites (tertiary alicyclic amines) is 1. The fourth-order valence-corrected chi connectivity index (χ4v) is 9.35. The highest BCUT2D eigenvalue weighted by atomic mass is 32.2. The smallest absolute Gasteiger partial charge is 0.328 e. The predicted octanol–water partition coefficient (Wildman–Crippen LogP) is 6.44. The third-order valence-electron chi connectivity index (χ3n) is 11.1. The number of methoxy groups -OCH3 is 1. The topological polar surface area (TPSA) is 134 Å². The van der Waals surface area contributed by atoms with Gasteiger partial charge >= 0.3 is 5.97 Å². The van der Waals surface area contributed by atoms with E-state index in [0.717, 1.165) is 42.6 Å². The minimum Gasteiger partial charge on any atom is -0.467 e. The van der Waals surface area contributed by atoms with E-state index >= 15 is 4.39 Å². The molecule has 2 aliphatic heterocycles. The molecule has 0 unspecified atom stereocenters. The molecule has 0 spiro atoms. The van der Waals surface area contributed by atoms with Crippen molar-refractivity contribution in [1.82, 2.24) is 19.6 Å². The van der Waals surface area contributed by atoms with Gasteiger partial charge in [-0.3, -0.25) is 4.79 Å². The van der Waals surface area contributed by atoms with Gasteiger partial charge in [0.1, 0.15) is 40.0 Å². The van der Waals surface area contributed by atoms with Gasteiger partial charge in [0.05, 0.1) is 7.11 Å². The molecule has 58 heavy (non-hydrogen) atoms. The number of pyridine rings is 2. The molecule has 2 atom stereocenters. The van der Waals surface area contributed by atoms with Crippen LogP contribution in [-0.2, 0) is 36.3 Å². The van der Waals surface area contributed by atoms with Crippen LogP contribution in [0.5, 0.6) is 0 Å². The van der Waals surface area contributed by atoms with Crippen LogP contribution in [-0.4, -0.2) is 74.0 Å². The molecule has 2 N–H and O–H groups in total. The summed E-state index contributed by atoms with van der Waals surface area (Å²) in [5, 5.41) is 4.52. The van der Waals surface area contributed by atoms with Gasteiger partial charge in [0.2, 0.25) is 15.9 Å². The number of hydrogen-bond donors (Lipinski definition) is 2. The fourth-order valence-electron chi connectivity index (χ4n) is 8.19. The van der Waals surface area contributed by atoms with Crippen LogP contribution >= 0.6 is 0 Å². The molecule has 0 bridgehead atoms. The maximum Gasteiger partial charge on any atom is 0.328 e.